The molecule has 0 aliphatic rings. The van der Waals surface area contributed by atoms with Crippen LogP contribution < -0.4 is 0 Å². The van der Waals surface area contributed by atoms with E-state index in [1.807, 2.05) is 24.3 Å². The molecule has 0 fully saturated rings. The Hall–Kier alpha value is -1.23. The molecule has 74 valence electrons. The average molecular weight is 236 g/mol. The maximum absolute atomic E-state index is 5.98. The van der Waals surface area contributed by atoms with E-state index < -0.39 is 0 Å². The summed E-state index contributed by atoms with van der Waals surface area (Å²) in [7, 11) is 0. The molecule has 0 aliphatic carbocycles. The molecule has 1 aromatic carbocycles. The summed E-state index contributed by atoms with van der Waals surface area (Å²) >= 11 is 11.5. The predicted molar refractivity (Wildman–Crippen MR) is 64.4 cm³/mol. The number of alkyl halides is 1. The molecular weight excluding hydrogens is 229 g/mol. The van der Waals surface area contributed by atoms with Gasteiger partial charge in [0.25, 0.3) is 0 Å². The zero-order valence-corrected chi connectivity index (χ0v) is 9.31. The zero-order chi connectivity index (χ0) is 10.7. The highest BCUT2D eigenvalue weighted by Gasteiger charge is 2.02. The van der Waals surface area contributed by atoms with Crippen LogP contribution in [0, 0.1) is 11.8 Å². The third kappa shape index (κ3) is 2.07. The number of nitrogens with zero attached hydrogens (tertiary/aromatic N) is 1. The van der Waals surface area contributed by atoms with Crippen molar-refractivity contribution < 1.29 is 0 Å². The van der Waals surface area contributed by atoms with Crippen LogP contribution in [-0.4, -0.2) is 10.9 Å². The highest BCUT2D eigenvalue weighted by molar-refractivity contribution is 6.34. The van der Waals surface area contributed by atoms with E-state index in [0.29, 0.717) is 11.0 Å². The Labute approximate surface area is 98.0 Å². The van der Waals surface area contributed by atoms with Crippen LogP contribution in [0.15, 0.2) is 30.5 Å². The molecule has 0 radical (unpaired) electrons. The molecule has 0 atom stereocenters. The number of hydrogen-bond donors (Lipinski definition) is 0. The Balaban J connectivity index is 2.72. The van der Waals surface area contributed by atoms with Crippen molar-refractivity contribution in [3.8, 4) is 11.8 Å². The average Bonchev–Trinajstić information content (AvgIpc) is 2.29. The number of benzene rings is 1. The van der Waals surface area contributed by atoms with E-state index in [1.165, 1.54) is 0 Å². The van der Waals surface area contributed by atoms with Crippen molar-refractivity contribution in [1.82, 2.24) is 4.98 Å². The monoisotopic (exact) mass is 235 g/mol. The number of fused-ring (bicyclic) bond motifs is 1. The minimum atomic E-state index is 0.316. The summed E-state index contributed by atoms with van der Waals surface area (Å²) in [6.45, 7) is 0. The van der Waals surface area contributed by atoms with Crippen molar-refractivity contribution in [1.29, 1.82) is 0 Å². The van der Waals surface area contributed by atoms with Gasteiger partial charge in [0.2, 0.25) is 0 Å². The van der Waals surface area contributed by atoms with Gasteiger partial charge < -0.3 is 0 Å². The van der Waals surface area contributed by atoms with E-state index in [-0.39, 0.29) is 0 Å². The van der Waals surface area contributed by atoms with Gasteiger partial charge in [0, 0.05) is 17.0 Å². The van der Waals surface area contributed by atoms with Crippen LogP contribution in [0.25, 0.3) is 10.8 Å². The summed E-state index contributed by atoms with van der Waals surface area (Å²) in [5.74, 6) is 6.09. The van der Waals surface area contributed by atoms with E-state index in [2.05, 4.69) is 16.8 Å². The van der Waals surface area contributed by atoms with Crippen molar-refractivity contribution in [3.63, 3.8) is 0 Å². The van der Waals surface area contributed by atoms with Gasteiger partial charge in [0.1, 0.15) is 5.15 Å². The molecular formula is C12H7Cl2N. The van der Waals surface area contributed by atoms with Gasteiger partial charge in [-0.3, -0.25) is 0 Å². The van der Waals surface area contributed by atoms with Gasteiger partial charge in [0.15, 0.2) is 0 Å². The van der Waals surface area contributed by atoms with Gasteiger partial charge in [-0.1, -0.05) is 47.7 Å². The molecule has 0 saturated carbocycles. The summed E-state index contributed by atoms with van der Waals surface area (Å²) in [6.07, 6.45) is 1.67. The first kappa shape index (κ1) is 10.3. The van der Waals surface area contributed by atoms with Crippen molar-refractivity contribution in [2.75, 3.05) is 5.88 Å². The minimum Gasteiger partial charge on any atom is -0.243 e. The summed E-state index contributed by atoms with van der Waals surface area (Å²) < 4.78 is 0. The fourth-order valence-corrected chi connectivity index (χ4v) is 1.67. The van der Waals surface area contributed by atoms with Gasteiger partial charge >= 0.3 is 0 Å². The first-order chi connectivity index (χ1) is 7.33. The van der Waals surface area contributed by atoms with Crippen LogP contribution in [0.2, 0.25) is 5.15 Å². The quantitative estimate of drug-likeness (QED) is 0.387. The standard InChI is InChI=1S/C12H7Cl2N/c13-7-3-4-9-8-15-12(14)11-6-2-1-5-10(9)11/h1-2,5-6,8H,7H2. The smallest absolute Gasteiger partial charge is 0.136 e. The Morgan fingerprint density at radius 1 is 1.20 bits per heavy atom. The lowest BCUT2D eigenvalue weighted by Gasteiger charge is -2.01. The zero-order valence-electron chi connectivity index (χ0n) is 7.80. The Morgan fingerprint density at radius 2 is 1.93 bits per heavy atom. The highest BCUT2D eigenvalue weighted by Crippen LogP contribution is 2.23. The molecule has 0 aliphatic heterocycles. The van der Waals surface area contributed by atoms with Crippen LogP contribution in [0.4, 0.5) is 0 Å². The minimum absolute atomic E-state index is 0.316. The first-order valence-electron chi connectivity index (χ1n) is 4.41. The lowest BCUT2D eigenvalue weighted by molar-refractivity contribution is 1.35. The highest BCUT2D eigenvalue weighted by atomic mass is 35.5. The second-order valence-corrected chi connectivity index (χ2v) is 3.57. The molecule has 3 heteroatoms. The van der Waals surface area contributed by atoms with Crippen LogP contribution in [0.3, 0.4) is 0 Å². The van der Waals surface area contributed by atoms with Crippen molar-refractivity contribution in [2.24, 2.45) is 0 Å². The van der Waals surface area contributed by atoms with Crippen LogP contribution in [0.1, 0.15) is 5.56 Å². The Morgan fingerprint density at radius 3 is 2.67 bits per heavy atom. The third-order valence-electron chi connectivity index (χ3n) is 2.04. The van der Waals surface area contributed by atoms with Crippen LogP contribution in [-0.2, 0) is 0 Å². The van der Waals surface area contributed by atoms with Crippen LogP contribution >= 0.6 is 23.2 Å². The fraction of sp³-hybridized carbons (Fsp3) is 0.0833. The van der Waals surface area contributed by atoms with Crippen molar-refractivity contribution in [2.45, 2.75) is 0 Å². The molecule has 0 bridgehead atoms. The predicted octanol–water partition coefficient (Wildman–Crippen LogP) is 3.48. The Kier molecular flexibility index (Phi) is 3.11. The van der Waals surface area contributed by atoms with E-state index in [4.69, 9.17) is 23.2 Å². The van der Waals surface area contributed by atoms with Gasteiger partial charge in [-0.15, -0.1) is 11.6 Å². The summed E-state index contributed by atoms with van der Waals surface area (Å²) in [5, 5.41) is 2.43. The van der Waals surface area contributed by atoms with Crippen molar-refractivity contribution in [3.05, 3.63) is 41.2 Å². The van der Waals surface area contributed by atoms with E-state index >= 15 is 0 Å². The van der Waals surface area contributed by atoms with E-state index in [1.54, 1.807) is 6.20 Å². The second-order valence-electron chi connectivity index (χ2n) is 2.94. The third-order valence-corrected chi connectivity index (χ3v) is 2.47. The SMILES string of the molecule is ClCC#Cc1cnc(Cl)c2ccccc12. The molecule has 1 aromatic heterocycles. The number of pyridine rings is 1. The Bertz CT molecular complexity index is 552. The number of aromatic nitrogens is 1. The molecule has 1 heterocycles. The molecule has 0 saturated heterocycles. The maximum atomic E-state index is 5.98. The second kappa shape index (κ2) is 4.53. The van der Waals surface area contributed by atoms with Gasteiger partial charge in [-0.05, 0) is 0 Å². The molecule has 0 N–H and O–H groups in total. The topological polar surface area (TPSA) is 12.9 Å². The molecule has 15 heavy (non-hydrogen) atoms. The van der Waals surface area contributed by atoms with Gasteiger partial charge in [-0.2, -0.15) is 0 Å². The normalized spacial score (nSPS) is 9.73. The van der Waals surface area contributed by atoms with Crippen molar-refractivity contribution >= 4 is 34.0 Å². The largest absolute Gasteiger partial charge is 0.243 e. The number of halogens is 2. The molecule has 0 unspecified atom stereocenters. The molecule has 0 amide bonds. The molecule has 2 rings (SSSR count). The lowest BCUT2D eigenvalue weighted by Crippen LogP contribution is -1.84. The van der Waals surface area contributed by atoms with E-state index in [0.717, 1.165) is 16.3 Å². The molecule has 2 aromatic rings. The van der Waals surface area contributed by atoms with Gasteiger partial charge in [0.05, 0.1) is 11.4 Å². The van der Waals surface area contributed by atoms with E-state index in [9.17, 15) is 0 Å². The summed E-state index contributed by atoms with van der Waals surface area (Å²) in [5.41, 5.74) is 0.857. The van der Waals surface area contributed by atoms with Gasteiger partial charge in [-0.25, -0.2) is 4.98 Å². The van der Waals surface area contributed by atoms with Crippen LogP contribution in [0.5, 0.6) is 0 Å². The maximum Gasteiger partial charge on any atom is 0.136 e. The number of rotatable bonds is 0. The summed E-state index contributed by atoms with van der Waals surface area (Å²) in [4.78, 5) is 4.08. The summed E-state index contributed by atoms with van der Waals surface area (Å²) in [6, 6.07) is 7.77. The lowest BCUT2D eigenvalue weighted by atomic mass is 10.1. The molecule has 0 spiro atoms. The molecule has 1 nitrogen and oxygen atoms in total. The first-order valence-corrected chi connectivity index (χ1v) is 5.32. The number of hydrogen-bond acceptors (Lipinski definition) is 1. The fourth-order valence-electron chi connectivity index (χ4n) is 1.39.